The normalized spacial score (nSPS) is 12.4. The van der Waals surface area contributed by atoms with E-state index in [1.807, 2.05) is 0 Å². The highest BCUT2D eigenvalue weighted by Crippen LogP contribution is 2.27. The van der Waals surface area contributed by atoms with Gasteiger partial charge in [0, 0.05) is 11.6 Å². The van der Waals surface area contributed by atoms with Crippen LogP contribution < -0.4 is 0 Å². The zero-order valence-corrected chi connectivity index (χ0v) is 10.1. The molecular weight excluding hydrogens is 261 g/mol. The number of alkyl halides is 1. The Bertz CT molecular complexity index is 537. The maximum absolute atomic E-state index is 13.5. The van der Waals surface area contributed by atoms with E-state index in [9.17, 15) is 13.2 Å². The molecule has 0 aliphatic heterocycles. The Kier molecular flexibility index (Phi) is 3.92. The van der Waals surface area contributed by atoms with E-state index in [2.05, 4.69) is 0 Å². The number of hydrogen-bond acceptors (Lipinski definition) is 0. The Labute approximate surface area is 108 Å². The van der Waals surface area contributed by atoms with Gasteiger partial charge in [-0.3, -0.25) is 0 Å². The summed E-state index contributed by atoms with van der Waals surface area (Å²) in [6, 6.07) is 9.11. The largest absolute Gasteiger partial charge is 0.207 e. The van der Waals surface area contributed by atoms with Gasteiger partial charge in [-0.2, -0.15) is 0 Å². The molecule has 0 bridgehead atoms. The van der Waals surface area contributed by atoms with Crippen LogP contribution in [0.4, 0.5) is 13.2 Å². The minimum atomic E-state index is -0.669. The molecule has 0 saturated heterocycles. The van der Waals surface area contributed by atoms with Crippen LogP contribution in [0.2, 0.25) is 0 Å². The molecule has 0 aliphatic rings. The highest BCUT2D eigenvalue weighted by Gasteiger charge is 2.14. The lowest BCUT2D eigenvalue weighted by Crippen LogP contribution is -1.99. The molecule has 0 radical (unpaired) electrons. The van der Waals surface area contributed by atoms with E-state index >= 15 is 0 Å². The number of halogens is 4. The second-order valence-corrected chi connectivity index (χ2v) is 4.49. The van der Waals surface area contributed by atoms with Crippen molar-refractivity contribution < 1.29 is 13.2 Å². The van der Waals surface area contributed by atoms with Crippen molar-refractivity contribution in [3.63, 3.8) is 0 Å². The summed E-state index contributed by atoms with van der Waals surface area (Å²) >= 11 is 6.08. The van der Waals surface area contributed by atoms with Gasteiger partial charge < -0.3 is 0 Å². The van der Waals surface area contributed by atoms with Gasteiger partial charge in [-0.05, 0) is 30.2 Å². The first kappa shape index (κ1) is 13.0. The molecule has 1 unspecified atom stereocenters. The summed E-state index contributed by atoms with van der Waals surface area (Å²) < 4.78 is 39.0. The van der Waals surface area contributed by atoms with Crippen molar-refractivity contribution in [3.8, 4) is 0 Å². The third-order valence-electron chi connectivity index (χ3n) is 2.63. The van der Waals surface area contributed by atoms with Crippen LogP contribution >= 0.6 is 11.6 Å². The van der Waals surface area contributed by atoms with Crippen LogP contribution in [-0.2, 0) is 6.42 Å². The van der Waals surface area contributed by atoms with Gasteiger partial charge in [0.25, 0.3) is 0 Å². The first-order valence-corrected chi connectivity index (χ1v) is 5.83. The monoisotopic (exact) mass is 270 g/mol. The maximum atomic E-state index is 13.5. The predicted octanol–water partition coefficient (Wildman–Crippen LogP) is 4.63. The lowest BCUT2D eigenvalue weighted by atomic mass is 10.0. The Morgan fingerprint density at radius 3 is 2.11 bits per heavy atom. The highest BCUT2D eigenvalue weighted by atomic mass is 35.5. The molecule has 0 heterocycles. The minimum absolute atomic E-state index is 0.238. The van der Waals surface area contributed by atoms with Crippen molar-refractivity contribution in [2.75, 3.05) is 0 Å². The fraction of sp³-hybridized carbons (Fsp3) is 0.143. The molecule has 0 saturated carbocycles. The van der Waals surface area contributed by atoms with Crippen molar-refractivity contribution in [2.24, 2.45) is 0 Å². The Morgan fingerprint density at radius 1 is 0.889 bits per heavy atom. The van der Waals surface area contributed by atoms with Gasteiger partial charge in [-0.15, -0.1) is 11.6 Å². The number of benzene rings is 2. The number of rotatable bonds is 3. The van der Waals surface area contributed by atoms with Crippen LogP contribution in [0.1, 0.15) is 16.5 Å². The van der Waals surface area contributed by atoms with Gasteiger partial charge in [-0.25, -0.2) is 13.2 Å². The minimum Gasteiger partial charge on any atom is -0.207 e. The van der Waals surface area contributed by atoms with Crippen LogP contribution in [0.3, 0.4) is 0 Å². The second-order valence-electron chi connectivity index (χ2n) is 3.96. The van der Waals surface area contributed by atoms with Crippen LogP contribution in [0, 0.1) is 17.5 Å². The molecule has 0 aromatic heterocycles. The predicted molar refractivity (Wildman–Crippen MR) is 65.1 cm³/mol. The van der Waals surface area contributed by atoms with Gasteiger partial charge in [0.2, 0.25) is 0 Å². The topological polar surface area (TPSA) is 0 Å². The third kappa shape index (κ3) is 3.05. The van der Waals surface area contributed by atoms with E-state index in [-0.39, 0.29) is 11.4 Å². The Hall–Kier alpha value is -1.48. The smallest absolute Gasteiger partial charge is 0.130 e. The molecule has 0 aliphatic carbocycles. The molecule has 0 N–H and O–H groups in total. The van der Waals surface area contributed by atoms with E-state index in [0.717, 1.165) is 11.6 Å². The van der Waals surface area contributed by atoms with Crippen molar-refractivity contribution >= 4 is 11.6 Å². The summed E-state index contributed by atoms with van der Waals surface area (Å²) in [6.45, 7) is 0. The Morgan fingerprint density at radius 2 is 1.50 bits per heavy atom. The zero-order chi connectivity index (χ0) is 13.1. The number of hydrogen-bond donors (Lipinski definition) is 0. The zero-order valence-electron chi connectivity index (χ0n) is 9.34. The summed E-state index contributed by atoms with van der Waals surface area (Å²) in [4.78, 5) is 0. The van der Waals surface area contributed by atoms with E-state index in [1.165, 1.54) is 24.3 Å². The van der Waals surface area contributed by atoms with Gasteiger partial charge >= 0.3 is 0 Å². The Balaban J connectivity index is 2.16. The van der Waals surface area contributed by atoms with Gasteiger partial charge in [-0.1, -0.05) is 18.2 Å². The van der Waals surface area contributed by atoms with Gasteiger partial charge in [0.05, 0.1) is 5.38 Å². The van der Waals surface area contributed by atoms with Crippen molar-refractivity contribution in [1.29, 1.82) is 0 Å². The molecule has 0 spiro atoms. The average Bonchev–Trinajstić information content (AvgIpc) is 2.32. The molecule has 0 amide bonds. The third-order valence-corrected chi connectivity index (χ3v) is 3.02. The molecule has 0 fully saturated rings. The maximum Gasteiger partial charge on any atom is 0.130 e. The van der Waals surface area contributed by atoms with E-state index in [1.54, 1.807) is 12.1 Å². The van der Waals surface area contributed by atoms with Crippen LogP contribution in [-0.4, -0.2) is 0 Å². The summed E-state index contributed by atoms with van der Waals surface area (Å²) in [5, 5.41) is -0.615. The first-order chi connectivity index (χ1) is 8.56. The summed E-state index contributed by atoms with van der Waals surface area (Å²) in [5.41, 5.74) is 1.03. The molecular formula is C14H10ClF3. The molecule has 2 aromatic carbocycles. The van der Waals surface area contributed by atoms with Gasteiger partial charge in [0.1, 0.15) is 17.5 Å². The molecule has 94 valence electrons. The van der Waals surface area contributed by atoms with Crippen LogP contribution in [0.15, 0.2) is 42.5 Å². The second kappa shape index (κ2) is 5.44. The molecule has 1 atom stereocenters. The average molecular weight is 271 g/mol. The van der Waals surface area contributed by atoms with E-state index in [4.69, 9.17) is 11.6 Å². The molecule has 4 heteroatoms. The van der Waals surface area contributed by atoms with Crippen molar-refractivity contribution in [2.45, 2.75) is 11.8 Å². The molecule has 2 rings (SSSR count). The fourth-order valence-electron chi connectivity index (χ4n) is 1.69. The summed E-state index contributed by atoms with van der Waals surface area (Å²) in [6.07, 6.45) is 0.352. The molecule has 2 aromatic rings. The van der Waals surface area contributed by atoms with Crippen molar-refractivity contribution in [3.05, 3.63) is 71.0 Å². The standard InChI is InChI=1S/C14H10ClF3/c15-13(7-9-1-3-10(16)4-2-9)12-6-5-11(17)8-14(12)18/h1-6,8,13H,7H2. The highest BCUT2D eigenvalue weighted by molar-refractivity contribution is 6.20. The first-order valence-electron chi connectivity index (χ1n) is 5.40. The summed E-state index contributed by atoms with van der Waals surface area (Å²) in [7, 11) is 0. The van der Waals surface area contributed by atoms with E-state index < -0.39 is 17.0 Å². The lowest BCUT2D eigenvalue weighted by Gasteiger charge is -2.11. The fourth-order valence-corrected chi connectivity index (χ4v) is 2.05. The summed E-state index contributed by atoms with van der Waals surface area (Å²) in [5.74, 6) is -1.64. The van der Waals surface area contributed by atoms with Gasteiger partial charge in [0.15, 0.2) is 0 Å². The SMILES string of the molecule is Fc1ccc(CC(Cl)c2ccc(F)cc2F)cc1. The quantitative estimate of drug-likeness (QED) is 0.714. The molecule has 0 nitrogen and oxygen atoms in total. The van der Waals surface area contributed by atoms with Crippen molar-refractivity contribution in [1.82, 2.24) is 0 Å². The molecule has 18 heavy (non-hydrogen) atoms. The van der Waals surface area contributed by atoms with Crippen LogP contribution in [0.25, 0.3) is 0 Å². The lowest BCUT2D eigenvalue weighted by molar-refractivity contribution is 0.569. The van der Waals surface area contributed by atoms with Crippen LogP contribution in [0.5, 0.6) is 0 Å². The van der Waals surface area contributed by atoms with E-state index in [0.29, 0.717) is 6.42 Å².